The number of methoxy groups -OCH3 is 1. The maximum Gasteiger partial charge on any atom is 0.326 e. The molecule has 0 saturated carbocycles. The fourth-order valence-corrected chi connectivity index (χ4v) is 3.86. The Morgan fingerprint density at radius 2 is 1.93 bits per heavy atom. The minimum Gasteiger partial charge on any atom is -0.495 e. The van der Waals surface area contributed by atoms with Crippen LogP contribution in [0.15, 0.2) is 42.5 Å². The third-order valence-electron chi connectivity index (χ3n) is 5.37. The third kappa shape index (κ3) is 3.37. The minimum atomic E-state index is -1.04. The molecule has 1 unspecified atom stereocenters. The fraction of sp³-hybridized carbons (Fsp3) is 0.286. The molecule has 0 spiro atoms. The Hall–Kier alpha value is -3.55. The van der Waals surface area contributed by atoms with Crippen LogP contribution in [-0.4, -0.2) is 54.2 Å². The molecule has 4 rings (SSSR count). The molecule has 2 aliphatic heterocycles. The molecule has 8 nitrogen and oxygen atoms in total. The number of nitrogens with zero attached hydrogens (tertiary/aromatic N) is 2. The molecule has 0 bridgehead atoms. The molecule has 0 aromatic heterocycles. The van der Waals surface area contributed by atoms with Crippen LogP contribution in [0.3, 0.4) is 0 Å². The summed E-state index contributed by atoms with van der Waals surface area (Å²) in [5.41, 5.74) is 2.67. The van der Waals surface area contributed by atoms with Gasteiger partial charge >= 0.3 is 12.0 Å². The number of urea groups is 1. The average Bonchev–Trinajstić information content (AvgIpc) is 3.17. The van der Waals surface area contributed by atoms with Gasteiger partial charge in [-0.2, -0.15) is 0 Å². The zero-order valence-electron chi connectivity index (χ0n) is 15.9. The summed E-state index contributed by atoms with van der Waals surface area (Å²) in [6.45, 7) is 1.18. The Labute approximate surface area is 167 Å². The number of benzene rings is 2. The summed E-state index contributed by atoms with van der Waals surface area (Å²) < 4.78 is 5.35. The second-order valence-corrected chi connectivity index (χ2v) is 7.03. The summed E-state index contributed by atoms with van der Waals surface area (Å²) in [7, 11) is 1.50. The van der Waals surface area contributed by atoms with E-state index in [0.29, 0.717) is 30.1 Å². The number of carboxylic acid groups (broad SMARTS) is 1. The van der Waals surface area contributed by atoms with Gasteiger partial charge in [0.15, 0.2) is 0 Å². The van der Waals surface area contributed by atoms with E-state index in [1.165, 1.54) is 16.9 Å². The highest BCUT2D eigenvalue weighted by Crippen LogP contribution is 2.32. The quantitative estimate of drug-likeness (QED) is 0.824. The molecule has 150 valence electrons. The molecule has 0 aliphatic carbocycles. The van der Waals surface area contributed by atoms with E-state index in [-0.39, 0.29) is 19.0 Å². The van der Waals surface area contributed by atoms with Crippen molar-refractivity contribution in [2.45, 2.75) is 19.0 Å². The average molecular weight is 395 g/mol. The first-order chi connectivity index (χ1) is 14.0. The maximum absolute atomic E-state index is 13.3. The lowest BCUT2D eigenvalue weighted by Gasteiger charge is -2.34. The van der Waals surface area contributed by atoms with E-state index in [1.54, 1.807) is 18.2 Å². The SMILES string of the molecule is COc1ccc(C(=O)N2Cc3ccccc3CC2C(=O)O)cc1N1CCNC1=O. The van der Waals surface area contributed by atoms with Gasteiger partial charge in [0.25, 0.3) is 5.91 Å². The lowest BCUT2D eigenvalue weighted by Crippen LogP contribution is -2.48. The molecule has 3 amide bonds. The van der Waals surface area contributed by atoms with Crippen molar-refractivity contribution in [1.29, 1.82) is 0 Å². The van der Waals surface area contributed by atoms with E-state index in [9.17, 15) is 19.5 Å². The van der Waals surface area contributed by atoms with Crippen molar-refractivity contribution >= 4 is 23.6 Å². The zero-order valence-corrected chi connectivity index (χ0v) is 15.9. The van der Waals surface area contributed by atoms with Crippen molar-refractivity contribution in [2.75, 3.05) is 25.1 Å². The van der Waals surface area contributed by atoms with Crippen molar-refractivity contribution in [3.8, 4) is 5.75 Å². The van der Waals surface area contributed by atoms with E-state index in [1.807, 2.05) is 24.3 Å². The maximum atomic E-state index is 13.3. The van der Waals surface area contributed by atoms with Gasteiger partial charge in [-0.25, -0.2) is 9.59 Å². The number of hydrogen-bond acceptors (Lipinski definition) is 4. The number of amides is 3. The smallest absolute Gasteiger partial charge is 0.326 e. The summed E-state index contributed by atoms with van der Waals surface area (Å²) in [4.78, 5) is 40.1. The van der Waals surface area contributed by atoms with E-state index in [0.717, 1.165) is 11.1 Å². The largest absolute Gasteiger partial charge is 0.495 e. The van der Waals surface area contributed by atoms with Gasteiger partial charge < -0.3 is 20.1 Å². The number of carbonyl (C=O) groups is 3. The Morgan fingerprint density at radius 3 is 2.59 bits per heavy atom. The molecule has 2 heterocycles. The number of nitrogens with one attached hydrogen (secondary N) is 1. The lowest BCUT2D eigenvalue weighted by atomic mass is 9.93. The first-order valence-corrected chi connectivity index (χ1v) is 9.33. The van der Waals surface area contributed by atoms with Crippen LogP contribution in [0, 0.1) is 0 Å². The number of hydrogen-bond donors (Lipinski definition) is 2. The monoisotopic (exact) mass is 395 g/mol. The van der Waals surface area contributed by atoms with Crippen LogP contribution in [-0.2, 0) is 17.8 Å². The summed E-state index contributed by atoms with van der Waals surface area (Å²) >= 11 is 0. The molecule has 1 fully saturated rings. The number of aliphatic carboxylic acids is 1. The Balaban J connectivity index is 1.70. The van der Waals surface area contributed by atoms with E-state index < -0.39 is 17.9 Å². The molecule has 2 aliphatic rings. The molecule has 2 N–H and O–H groups in total. The molecule has 2 aromatic rings. The van der Waals surface area contributed by atoms with Crippen molar-refractivity contribution in [2.24, 2.45) is 0 Å². The van der Waals surface area contributed by atoms with Crippen LogP contribution in [0.1, 0.15) is 21.5 Å². The van der Waals surface area contributed by atoms with Crippen molar-refractivity contribution in [1.82, 2.24) is 10.2 Å². The van der Waals surface area contributed by atoms with Gasteiger partial charge in [0.05, 0.1) is 12.8 Å². The summed E-state index contributed by atoms with van der Waals surface area (Å²) in [6.07, 6.45) is 0.259. The summed E-state index contributed by atoms with van der Waals surface area (Å²) in [5, 5.41) is 12.4. The fourth-order valence-electron chi connectivity index (χ4n) is 3.86. The number of anilines is 1. The Kier molecular flexibility index (Phi) is 4.84. The number of rotatable bonds is 4. The Morgan fingerprint density at radius 1 is 1.17 bits per heavy atom. The standard InChI is InChI=1S/C21H21N3O5/c1-29-18-7-6-14(11-16(18)23-9-8-22-21(23)28)19(25)24-12-15-5-3-2-4-13(15)10-17(24)20(26)27/h2-7,11,17H,8-10,12H2,1H3,(H,22,28)(H,26,27). The van der Waals surface area contributed by atoms with Gasteiger partial charge in [-0.3, -0.25) is 9.69 Å². The number of fused-ring (bicyclic) bond motifs is 1. The lowest BCUT2D eigenvalue weighted by molar-refractivity contribution is -0.142. The molecule has 29 heavy (non-hydrogen) atoms. The molecule has 1 saturated heterocycles. The van der Waals surface area contributed by atoms with Gasteiger partial charge in [0.2, 0.25) is 0 Å². The van der Waals surface area contributed by atoms with Crippen LogP contribution in [0.25, 0.3) is 0 Å². The van der Waals surface area contributed by atoms with Crippen LogP contribution in [0.4, 0.5) is 10.5 Å². The van der Waals surface area contributed by atoms with Gasteiger partial charge in [0, 0.05) is 31.6 Å². The highest BCUT2D eigenvalue weighted by atomic mass is 16.5. The van der Waals surface area contributed by atoms with Gasteiger partial charge in [-0.05, 0) is 29.3 Å². The Bertz CT molecular complexity index is 990. The molecular weight excluding hydrogens is 374 g/mol. The molecule has 2 aromatic carbocycles. The normalized spacial score (nSPS) is 18.2. The molecular formula is C21H21N3O5. The third-order valence-corrected chi connectivity index (χ3v) is 5.37. The highest BCUT2D eigenvalue weighted by Gasteiger charge is 2.35. The van der Waals surface area contributed by atoms with Crippen molar-refractivity contribution < 1.29 is 24.2 Å². The van der Waals surface area contributed by atoms with Gasteiger partial charge in [-0.1, -0.05) is 24.3 Å². The van der Waals surface area contributed by atoms with E-state index in [4.69, 9.17) is 4.74 Å². The first kappa shape index (κ1) is 18.8. The van der Waals surface area contributed by atoms with Crippen molar-refractivity contribution in [3.05, 3.63) is 59.2 Å². The second kappa shape index (κ2) is 7.46. The highest BCUT2D eigenvalue weighted by molar-refractivity contribution is 6.01. The molecule has 1 atom stereocenters. The van der Waals surface area contributed by atoms with Crippen LogP contribution in [0.5, 0.6) is 5.75 Å². The number of carboxylic acids is 1. The second-order valence-electron chi connectivity index (χ2n) is 7.03. The van der Waals surface area contributed by atoms with Crippen LogP contribution in [0.2, 0.25) is 0 Å². The van der Waals surface area contributed by atoms with Gasteiger partial charge in [0.1, 0.15) is 11.8 Å². The predicted octanol–water partition coefficient (Wildman–Crippen LogP) is 1.88. The van der Waals surface area contributed by atoms with Crippen LogP contribution >= 0.6 is 0 Å². The van der Waals surface area contributed by atoms with Crippen molar-refractivity contribution in [3.63, 3.8) is 0 Å². The van der Waals surface area contributed by atoms with Gasteiger partial charge in [-0.15, -0.1) is 0 Å². The topological polar surface area (TPSA) is 99.2 Å². The number of ether oxygens (including phenoxy) is 1. The van der Waals surface area contributed by atoms with E-state index in [2.05, 4.69) is 5.32 Å². The van der Waals surface area contributed by atoms with E-state index >= 15 is 0 Å². The predicted molar refractivity (Wildman–Crippen MR) is 105 cm³/mol. The first-order valence-electron chi connectivity index (χ1n) is 9.33. The minimum absolute atomic E-state index is 0.220. The summed E-state index contributed by atoms with van der Waals surface area (Å²) in [6, 6.07) is 11.1. The molecule has 8 heteroatoms. The molecule has 0 radical (unpaired) electrons. The summed E-state index contributed by atoms with van der Waals surface area (Å²) in [5.74, 6) is -0.965. The van der Waals surface area contributed by atoms with Crippen LogP contribution < -0.4 is 15.0 Å². The number of carbonyl (C=O) groups excluding carboxylic acids is 2. The zero-order chi connectivity index (χ0) is 20.5.